The number of fused-ring (bicyclic) bond motifs is 3. The van der Waals surface area contributed by atoms with Gasteiger partial charge in [-0.1, -0.05) is 20.8 Å². The first-order chi connectivity index (χ1) is 9.83. The fourth-order valence-electron chi connectivity index (χ4n) is 5.28. The van der Waals surface area contributed by atoms with Crippen LogP contribution in [0.1, 0.15) is 46.1 Å². The Hall–Kier alpha value is -0.360. The maximum atomic E-state index is 5.71. The molecule has 2 nitrogen and oxygen atoms in total. The first-order valence-electron chi connectivity index (χ1n) is 7.73. The summed E-state index contributed by atoms with van der Waals surface area (Å²) in [5, 5.41) is 0. The first-order valence-corrected chi connectivity index (χ1v) is 9.21. The lowest BCUT2D eigenvalue weighted by Crippen LogP contribution is -2.37. The van der Waals surface area contributed by atoms with Crippen LogP contribution in [-0.4, -0.2) is 9.55 Å². The molecule has 0 saturated heterocycles. The van der Waals surface area contributed by atoms with Crippen LogP contribution in [0.3, 0.4) is 0 Å². The van der Waals surface area contributed by atoms with Gasteiger partial charge in [0.25, 0.3) is 0 Å². The largest absolute Gasteiger partial charge is 0.331 e. The zero-order valence-corrected chi connectivity index (χ0v) is 15.7. The van der Waals surface area contributed by atoms with E-state index in [1.165, 1.54) is 33.9 Å². The highest BCUT2D eigenvalue weighted by atomic mass is 127. The van der Waals surface area contributed by atoms with Gasteiger partial charge >= 0.3 is 0 Å². The topological polar surface area (TPSA) is 20.7 Å². The zero-order chi connectivity index (χ0) is 15.0. The molecule has 1 N–H and O–H groups in total. The number of aromatic nitrogens is 2. The van der Waals surface area contributed by atoms with E-state index in [1.54, 1.807) is 0 Å². The Balaban J connectivity index is 1.98. The van der Waals surface area contributed by atoms with E-state index in [9.17, 15) is 0 Å². The van der Waals surface area contributed by atoms with Crippen molar-refractivity contribution in [3.8, 4) is 0 Å². The Morgan fingerprint density at radius 2 is 2.10 bits per heavy atom. The molecule has 0 radical (unpaired) electrons. The molecule has 0 spiro atoms. The van der Waals surface area contributed by atoms with Crippen LogP contribution >= 0.6 is 34.8 Å². The number of rotatable bonds is 1. The molecule has 3 unspecified atom stereocenters. The predicted octanol–water partition coefficient (Wildman–Crippen LogP) is 5.69. The summed E-state index contributed by atoms with van der Waals surface area (Å²) in [6.45, 7) is 7.36. The van der Waals surface area contributed by atoms with Crippen LogP contribution in [0.5, 0.6) is 0 Å². The van der Waals surface area contributed by atoms with E-state index in [0.29, 0.717) is 16.9 Å². The molecule has 2 aliphatic carbocycles. The van der Waals surface area contributed by atoms with Gasteiger partial charge in [0.1, 0.15) is 0 Å². The highest BCUT2D eigenvalue weighted by Crippen LogP contribution is 2.68. The second-order valence-electron chi connectivity index (χ2n) is 7.78. The Kier molecular flexibility index (Phi) is 2.95. The van der Waals surface area contributed by atoms with Crippen molar-refractivity contribution in [3.63, 3.8) is 0 Å². The summed E-state index contributed by atoms with van der Waals surface area (Å²) in [6.07, 6.45) is 4.07. The van der Waals surface area contributed by atoms with Gasteiger partial charge in [0.15, 0.2) is 4.77 Å². The van der Waals surface area contributed by atoms with Gasteiger partial charge in [-0.2, -0.15) is 0 Å². The lowest BCUT2D eigenvalue weighted by molar-refractivity contribution is 0.0855. The normalized spacial score (nSPS) is 33.9. The number of benzene rings is 1. The lowest BCUT2D eigenvalue weighted by Gasteiger charge is -2.43. The van der Waals surface area contributed by atoms with Crippen LogP contribution in [0.4, 0.5) is 0 Å². The molecule has 4 rings (SSSR count). The van der Waals surface area contributed by atoms with Gasteiger partial charge in [-0.25, -0.2) is 0 Å². The SMILES string of the molecule is CC12CCC(C1)C(C)(C)C2n1c(=S)[nH]c2cc(I)ccc21. The number of halogens is 1. The number of nitrogens with one attached hydrogen (secondary N) is 1. The van der Waals surface area contributed by atoms with E-state index in [-0.39, 0.29) is 0 Å². The minimum absolute atomic E-state index is 0.323. The molecule has 2 aromatic rings. The van der Waals surface area contributed by atoms with E-state index in [2.05, 4.69) is 71.1 Å². The molecule has 1 aromatic heterocycles. The molecule has 112 valence electrons. The molecule has 0 amide bonds. The average Bonchev–Trinajstić information content (AvgIpc) is 2.97. The van der Waals surface area contributed by atoms with E-state index >= 15 is 0 Å². The van der Waals surface area contributed by atoms with Gasteiger partial charge in [0.2, 0.25) is 0 Å². The summed E-state index contributed by atoms with van der Waals surface area (Å²) in [5.41, 5.74) is 3.16. The quantitative estimate of drug-likeness (QED) is 0.471. The molecule has 2 bridgehead atoms. The highest BCUT2D eigenvalue weighted by molar-refractivity contribution is 14.1. The van der Waals surface area contributed by atoms with Gasteiger partial charge in [0.05, 0.1) is 11.0 Å². The van der Waals surface area contributed by atoms with Crippen LogP contribution in [-0.2, 0) is 0 Å². The summed E-state index contributed by atoms with van der Waals surface area (Å²) >= 11 is 8.07. The zero-order valence-electron chi connectivity index (χ0n) is 12.7. The van der Waals surface area contributed by atoms with Crippen molar-refractivity contribution in [2.75, 3.05) is 0 Å². The standard InChI is InChI=1S/C17H21IN2S/c1-16(2)10-6-7-17(3,9-10)14(16)20-13-5-4-11(18)8-12(13)19-15(20)21/h4-5,8,10,14H,6-7,9H2,1-3H3,(H,19,21). The van der Waals surface area contributed by atoms with Gasteiger partial charge in [-0.3, -0.25) is 0 Å². The van der Waals surface area contributed by atoms with Crippen molar-refractivity contribution in [2.45, 2.75) is 46.1 Å². The number of nitrogens with zero attached hydrogens (tertiary/aromatic N) is 1. The summed E-state index contributed by atoms with van der Waals surface area (Å²) in [4.78, 5) is 3.43. The molecule has 21 heavy (non-hydrogen) atoms. The molecule has 2 aliphatic rings. The minimum atomic E-state index is 0.323. The summed E-state index contributed by atoms with van der Waals surface area (Å²) in [6, 6.07) is 7.12. The third-order valence-electron chi connectivity index (χ3n) is 6.13. The fraction of sp³-hybridized carbons (Fsp3) is 0.588. The number of aromatic amines is 1. The van der Waals surface area contributed by atoms with E-state index < -0.39 is 0 Å². The number of imidazole rings is 1. The summed E-state index contributed by atoms with van der Waals surface area (Å²) in [7, 11) is 0. The van der Waals surface area contributed by atoms with Gasteiger partial charge in [-0.05, 0) is 89.0 Å². The summed E-state index contributed by atoms with van der Waals surface area (Å²) in [5.74, 6) is 0.836. The Morgan fingerprint density at radius 1 is 1.33 bits per heavy atom. The maximum absolute atomic E-state index is 5.71. The van der Waals surface area contributed by atoms with Gasteiger partial charge in [0, 0.05) is 9.61 Å². The van der Waals surface area contributed by atoms with Crippen molar-refractivity contribution in [2.24, 2.45) is 16.7 Å². The molecule has 3 atom stereocenters. The number of H-pyrrole nitrogens is 1. The van der Waals surface area contributed by atoms with E-state index in [0.717, 1.165) is 10.7 Å². The molecule has 4 heteroatoms. The van der Waals surface area contributed by atoms with Gasteiger partial charge < -0.3 is 9.55 Å². The van der Waals surface area contributed by atoms with Crippen LogP contribution in [0.15, 0.2) is 18.2 Å². The van der Waals surface area contributed by atoms with Crippen LogP contribution in [0.25, 0.3) is 11.0 Å². The first kappa shape index (κ1) is 14.2. The van der Waals surface area contributed by atoms with Crippen molar-refractivity contribution < 1.29 is 0 Å². The molecule has 2 fully saturated rings. The van der Waals surface area contributed by atoms with Crippen molar-refractivity contribution in [3.05, 3.63) is 26.5 Å². The summed E-state index contributed by atoms with van der Waals surface area (Å²) < 4.78 is 4.57. The second-order valence-corrected chi connectivity index (χ2v) is 9.41. The molecule has 1 aromatic carbocycles. The van der Waals surface area contributed by atoms with Crippen LogP contribution in [0, 0.1) is 25.1 Å². The minimum Gasteiger partial charge on any atom is -0.331 e. The van der Waals surface area contributed by atoms with E-state index in [4.69, 9.17) is 12.2 Å². The van der Waals surface area contributed by atoms with Crippen molar-refractivity contribution >= 4 is 45.8 Å². The van der Waals surface area contributed by atoms with Crippen LogP contribution < -0.4 is 0 Å². The molecule has 2 saturated carbocycles. The maximum Gasteiger partial charge on any atom is 0.178 e. The Bertz CT molecular complexity index is 783. The van der Waals surface area contributed by atoms with Crippen molar-refractivity contribution in [1.82, 2.24) is 9.55 Å². The lowest BCUT2D eigenvalue weighted by atomic mass is 9.68. The number of hydrogen-bond donors (Lipinski definition) is 1. The molecule has 1 heterocycles. The molecular formula is C17H21IN2S. The van der Waals surface area contributed by atoms with Gasteiger partial charge in [-0.15, -0.1) is 0 Å². The monoisotopic (exact) mass is 412 g/mol. The fourth-order valence-corrected chi connectivity index (χ4v) is 6.08. The number of hydrogen-bond acceptors (Lipinski definition) is 1. The smallest absolute Gasteiger partial charge is 0.178 e. The van der Waals surface area contributed by atoms with Crippen molar-refractivity contribution in [1.29, 1.82) is 0 Å². The van der Waals surface area contributed by atoms with Crippen LogP contribution in [0.2, 0.25) is 0 Å². The molecular weight excluding hydrogens is 391 g/mol. The third kappa shape index (κ3) is 1.84. The third-order valence-corrected chi connectivity index (χ3v) is 7.10. The highest BCUT2D eigenvalue weighted by Gasteiger charge is 2.60. The predicted molar refractivity (Wildman–Crippen MR) is 98.1 cm³/mol. The molecule has 0 aliphatic heterocycles. The Labute approximate surface area is 144 Å². The Morgan fingerprint density at radius 3 is 2.76 bits per heavy atom. The average molecular weight is 412 g/mol. The van der Waals surface area contributed by atoms with E-state index in [1.807, 2.05) is 0 Å². The second kappa shape index (κ2) is 4.34.